The molecule has 112 valence electrons. The van der Waals surface area contributed by atoms with Crippen molar-refractivity contribution in [2.75, 3.05) is 6.61 Å². The summed E-state index contributed by atoms with van der Waals surface area (Å²) >= 11 is 6.05. The van der Waals surface area contributed by atoms with Gasteiger partial charge in [0.25, 0.3) is 0 Å². The molecule has 0 radical (unpaired) electrons. The topological polar surface area (TPSA) is 21.3 Å². The van der Waals surface area contributed by atoms with Gasteiger partial charge in [0.1, 0.15) is 5.82 Å². The molecule has 1 N–H and O–H groups in total. The minimum Gasteiger partial charge on any atom is -0.375 e. The Morgan fingerprint density at radius 1 is 1.40 bits per heavy atom. The molecule has 1 fully saturated rings. The summed E-state index contributed by atoms with van der Waals surface area (Å²) in [7, 11) is 0. The van der Waals surface area contributed by atoms with E-state index in [4.69, 9.17) is 16.3 Å². The van der Waals surface area contributed by atoms with E-state index in [2.05, 4.69) is 19.2 Å². The Morgan fingerprint density at radius 3 is 2.80 bits per heavy atom. The predicted octanol–water partition coefficient (Wildman–Crippen LogP) is 4.31. The summed E-state index contributed by atoms with van der Waals surface area (Å²) in [5, 5.41) is 3.93. The van der Waals surface area contributed by atoms with Crippen LogP contribution in [-0.4, -0.2) is 18.2 Å². The third-order valence-corrected chi connectivity index (χ3v) is 4.76. The average Bonchev–Trinajstić information content (AvgIpc) is 2.47. The summed E-state index contributed by atoms with van der Waals surface area (Å²) in [6, 6.07) is 5.18. The number of halogens is 2. The minimum absolute atomic E-state index is 0.0189. The number of ether oxygens (including phenoxy) is 1. The molecule has 1 saturated heterocycles. The molecule has 1 heterocycles. The Bertz CT molecular complexity index is 428. The van der Waals surface area contributed by atoms with Gasteiger partial charge in [-0.15, -0.1) is 0 Å². The van der Waals surface area contributed by atoms with Gasteiger partial charge in [-0.1, -0.05) is 31.5 Å². The molecule has 20 heavy (non-hydrogen) atoms. The molecule has 1 aromatic carbocycles. The zero-order chi connectivity index (χ0) is 14.6. The van der Waals surface area contributed by atoms with Gasteiger partial charge in [-0.2, -0.15) is 0 Å². The molecule has 1 atom stereocenters. The third kappa shape index (κ3) is 3.51. The molecule has 4 heteroatoms. The maximum absolute atomic E-state index is 13.7. The summed E-state index contributed by atoms with van der Waals surface area (Å²) in [5.74, 6) is -0.241. The van der Waals surface area contributed by atoms with Crippen molar-refractivity contribution in [1.29, 1.82) is 0 Å². The van der Waals surface area contributed by atoms with E-state index in [0.717, 1.165) is 32.3 Å². The first-order chi connectivity index (χ1) is 9.60. The average molecular weight is 300 g/mol. The van der Waals surface area contributed by atoms with Gasteiger partial charge in [0.15, 0.2) is 0 Å². The van der Waals surface area contributed by atoms with Crippen LogP contribution in [0.2, 0.25) is 5.02 Å². The van der Waals surface area contributed by atoms with E-state index >= 15 is 0 Å². The number of nitrogens with one attached hydrogen (secondary N) is 1. The Morgan fingerprint density at radius 2 is 2.15 bits per heavy atom. The van der Waals surface area contributed by atoms with Gasteiger partial charge >= 0.3 is 0 Å². The molecule has 1 unspecified atom stereocenters. The largest absolute Gasteiger partial charge is 0.375 e. The lowest BCUT2D eigenvalue weighted by atomic mass is 9.86. The molecule has 2 nitrogen and oxygen atoms in total. The fourth-order valence-corrected chi connectivity index (χ4v) is 3.12. The van der Waals surface area contributed by atoms with Gasteiger partial charge in [-0.05, 0) is 37.8 Å². The zero-order valence-corrected chi connectivity index (χ0v) is 13.0. The molecule has 0 saturated carbocycles. The van der Waals surface area contributed by atoms with Crippen LogP contribution in [0.15, 0.2) is 18.2 Å². The van der Waals surface area contributed by atoms with Gasteiger partial charge in [-0.3, -0.25) is 0 Å². The van der Waals surface area contributed by atoms with E-state index in [0.29, 0.717) is 23.2 Å². The van der Waals surface area contributed by atoms with Gasteiger partial charge in [-0.25, -0.2) is 4.39 Å². The van der Waals surface area contributed by atoms with Crippen LogP contribution in [0.4, 0.5) is 4.39 Å². The number of hydrogen-bond donors (Lipinski definition) is 1. The highest BCUT2D eigenvalue weighted by Crippen LogP contribution is 2.31. The predicted molar refractivity (Wildman–Crippen MR) is 80.5 cm³/mol. The van der Waals surface area contributed by atoms with Crippen LogP contribution in [0.25, 0.3) is 0 Å². The summed E-state index contributed by atoms with van der Waals surface area (Å²) in [5.41, 5.74) is 0.536. The normalized spacial score (nSPS) is 21.9. The fraction of sp³-hybridized carbons (Fsp3) is 0.625. The SMILES string of the molecule is CCC1(CC)CC(NCc2c(F)cccc2Cl)CCO1. The van der Waals surface area contributed by atoms with Crippen LogP contribution in [-0.2, 0) is 11.3 Å². The van der Waals surface area contributed by atoms with Crippen molar-refractivity contribution in [3.63, 3.8) is 0 Å². The van der Waals surface area contributed by atoms with Gasteiger partial charge in [0.2, 0.25) is 0 Å². The van der Waals surface area contributed by atoms with Crippen molar-refractivity contribution in [2.45, 2.75) is 57.7 Å². The number of benzene rings is 1. The van der Waals surface area contributed by atoms with E-state index in [9.17, 15) is 4.39 Å². The van der Waals surface area contributed by atoms with E-state index < -0.39 is 0 Å². The van der Waals surface area contributed by atoms with Crippen molar-refractivity contribution < 1.29 is 9.13 Å². The summed E-state index contributed by atoms with van der Waals surface area (Å²) in [6.45, 7) is 5.57. The highest BCUT2D eigenvalue weighted by molar-refractivity contribution is 6.31. The second-order valence-corrected chi connectivity index (χ2v) is 5.92. The molecule has 0 aromatic heterocycles. The first-order valence-corrected chi connectivity index (χ1v) is 7.78. The molecule has 0 amide bonds. The molecular weight excluding hydrogens is 277 g/mol. The minimum atomic E-state index is -0.241. The Balaban J connectivity index is 1.97. The van der Waals surface area contributed by atoms with Crippen LogP contribution in [0.1, 0.15) is 45.1 Å². The van der Waals surface area contributed by atoms with Crippen LogP contribution < -0.4 is 5.32 Å². The molecule has 1 aliphatic heterocycles. The first-order valence-electron chi connectivity index (χ1n) is 7.40. The van der Waals surface area contributed by atoms with Crippen molar-refractivity contribution in [3.8, 4) is 0 Å². The molecule has 2 rings (SSSR count). The van der Waals surface area contributed by atoms with Gasteiger partial charge < -0.3 is 10.1 Å². The lowest BCUT2D eigenvalue weighted by Crippen LogP contribution is -2.46. The monoisotopic (exact) mass is 299 g/mol. The van der Waals surface area contributed by atoms with Crippen LogP contribution in [0.5, 0.6) is 0 Å². The molecule has 0 spiro atoms. The van der Waals surface area contributed by atoms with E-state index in [1.165, 1.54) is 6.07 Å². The van der Waals surface area contributed by atoms with E-state index in [-0.39, 0.29) is 11.4 Å². The van der Waals surface area contributed by atoms with Crippen molar-refractivity contribution in [1.82, 2.24) is 5.32 Å². The highest BCUT2D eigenvalue weighted by Gasteiger charge is 2.34. The fourth-order valence-electron chi connectivity index (χ4n) is 2.89. The zero-order valence-electron chi connectivity index (χ0n) is 12.2. The lowest BCUT2D eigenvalue weighted by Gasteiger charge is -2.40. The summed E-state index contributed by atoms with van der Waals surface area (Å²) in [4.78, 5) is 0. The van der Waals surface area contributed by atoms with Crippen LogP contribution >= 0.6 is 11.6 Å². The quantitative estimate of drug-likeness (QED) is 0.875. The van der Waals surface area contributed by atoms with Gasteiger partial charge in [0.05, 0.1) is 5.60 Å². The number of rotatable bonds is 5. The summed E-state index contributed by atoms with van der Waals surface area (Å²) in [6.07, 6.45) is 3.98. The van der Waals surface area contributed by atoms with Crippen molar-refractivity contribution in [3.05, 3.63) is 34.6 Å². The first kappa shape index (κ1) is 15.7. The van der Waals surface area contributed by atoms with Crippen LogP contribution in [0, 0.1) is 5.82 Å². The second kappa shape index (κ2) is 6.88. The van der Waals surface area contributed by atoms with E-state index in [1.807, 2.05) is 0 Å². The second-order valence-electron chi connectivity index (χ2n) is 5.51. The van der Waals surface area contributed by atoms with E-state index in [1.54, 1.807) is 12.1 Å². The Kier molecular flexibility index (Phi) is 5.42. The Hall–Kier alpha value is -0.640. The number of hydrogen-bond acceptors (Lipinski definition) is 2. The maximum atomic E-state index is 13.7. The summed E-state index contributed by atoms with van der Waals surface area (Å²) < 4.78 is 19.7. The molecular formula is C16H23ClFNO. The third-order valence-electron chi connectivity index (χ3n) is 4.41. The highest BCUT2D eigenvalue weighted by atomic mass is 35.5. The Labute approximate surface area is 125 Å². The van der Waals surface area contributed by atoms with Crippen molar-refractivity contribution >= 4 is 11.6 Å². The molecule has 1 aliphatic rings. The molecule has 0 aliphatic carbocycles. The maximum Gasteiger partial charge on any atom is 0.129 e. The lowest BCUT2D eigenvalue weighted by molar-refractivity contribution is -0.0932. The molecule has 0 bridgehead atoms. The smallest absolute Gasteiger partial charge is 0.129 e. The molecule has 1 aromatic rings. The van der Waals surface area contributed by atoms with Crippen LogP contribution in [0.3, 0.4) is 0 Å². The van der Waals surface area contributed by atoms with Gasteiger partial charge in [0, 0.05) is 29.8 Å². The standard InChI is InChI=1S/C16H23ClFNO/c1-3-16(4-2)10-12(8-9-20-16)19-11-13-14(17)6-5-7-15(13)18/h5-7,12,19H,3-4,8-11H2,1-2H3. The van der Waals surface area contributed by atoms with Crippen molar-refractivity contribution in [2.24, 2.45) is 0 Å².